The summed E-state index contributed by atoms with van der Waals surface area (Å²) in [5, 5.41) is 0. The summed E-state index contributed by atoms with van der Waals surface area (Å²) < 4.78 is 8.06. The van der Waals surface area contributed by atoms with Crippen molar-refractivity contribution in [2.75, 3.05) is 6.61 Å². The van der Waals surface area contributed by atoms with E-state index in [4.69, 9.17) is 4.74 Å². The van der Waals surface area contributed by atoms with Crippen molar-refractivity contribution in [3.05, 3.63) is 0 Å². The fourth-order valence-corrected chi connectivity index (χ4v) is 6.48. The first-order chi connectivity index (χ1) is 5.43. The van der Waals surface area contributed by atoms with Crippen LogP contribution in [0.4, 0.5) is 0 Å². The summed E-state index contributed by atoms with van der Waals surface area (Å²) in [7, 11) is 0. The van der Waals surface area contributed by atoms with Crippen molar-refractivity contribution >= 4 is 21.1 Å². The summed E-state index contributed by atoms with van der Waals surface area (Å²) in [6.45, 7) is 3.34. The van der Waals surface area contributed by atoms with Gasteiger partial charge in [-0.25, -0.2) is 0 Å². The molecule has 1 rings (SSSR count). The quantitative estimate of drug-likeness (QED) is 0.557. The zero-order valence-electron chi connectivity index (χ0n) is 7.51. The zero-order valence-corrected chi connectivity index (χ0v) is 10.8. The van der Waals surface area contributed by atoms with Crippen molar-refractivity contribution in [3.63, 3.8) is 0 Å². The van der Waals surface area contributed by atoms with Gasteiger partial charge in [-0.1, -0.05) is 0 Å². The minimum absolute atomic E-state index is 0.297. The van der Waals surface area contributed by atoms with E-state index in [1.54, 1.807) is 4.44 Å². The molecule has 1 nitrogen and oxygen atoms in total. The van der Waals surface area contributed by atoms with E-state index >= 15 is 0 Å². The summed E-state index contributed by atoms with van der Waals surface area (Å²) in [5.74, 6) is 0. The molecular weight excluding hydrogens is 243 g/mol. The van der Waals surface area contributed by atoms with Crippen LogP contribution in [0, 0.1) is 0 Å². The number of hydrogen-bond donors (Lipinski definition) is 0. The molecule has 0 bridgehead atoms. The molecule has 0 aromatic carbocycles. The van der Waals surface area contributed by atoms with Crippen molar-refractivity contribution in [2.24, 2.45) is 0 Å². The van der Waals surface area contributed by atoms with Crippen LogP contribution in [0.1, 0.15) is 39.0 Å². The molecule has 2 heteroatoms. The molecule has 1 atom stereocenters. The average molecular weight is 262 g/mol. The van der Waals surface area contributed by atoms with E-state index in [-0.39, 0.29) is 21.1 Å². The predicted molar refractivity (Wildman–Crippen MR) is 50.5 cm³/mol. The van der Waals surface area contributed by atoms with Gasteiger partial charge in [0.05, 0.1) is 0 Å². The second-order valence-electron chi connectivity index (χ2n) is 3.28. The number of unbranched alkanes of at least 4 members (excludes halogenated alkanes) is 1. The molecule has 1 heterocycles. The first-order valence-corrected chi connectivity index (χ1v) is 9.11. The Labute approximate surface area is 80.1 Å². The summed E-state index contributed by atoms with van der Waals surface area (Å²) >= 11 is -0.297. The van der Waals surface area contributed by atoms with Gasteiger partial charge in [0, 0.05) is 0 Å². The Kier molecular flexibility index (Phi) is 5.63. The Morgan fingerprint density at radius 2 is 2.36 bits per heavy atom. The van der Waals surface area contributed by atoms with E-state index in [9.17, 15) is 0 Å². The Balaban J connectivity index is 1.96. The van der Waals surface area contributed by atoms with E-state index in [1.165, 1.54) is 32.1 Å². The Morgan fingerprint density at radius 3 is 3.00 bits per heavy atom. The normalized spacial score (nSPS) is 25.4. The van der Waals surface area contributed by atoms with Gasteiger partial charge in [-0.2, -0.15) is 0 Å². The average Bonchev–Trinajstić information content (AvgIpc) is 2.07. The molecule has 0 N–H and O–H groups in total. The van der Waals surface area contributed by atoms with Crippen LogP contribution in [0.5, 0.6) is 0 Å². The molecule has 1 radical (unpaired) electrons. The van der Waals surface area contributed by atoms with Crippen LogP contribution in [0.25, 0.3) is 0 Å². The SMILES string of the molecule is CCC[CH2][SnH][CH]1CCCCO1. The molecule has 0 aliphatic carbocycles. The Hall–Kier alpha value is 0.759. The monoisotopic (exact) mass is 263 g/mol. The second kappa shape index (κ2) is 6.29. The van der Waals surface area contributed by atoms with Gasteiger partial charge in [-0.3, -0.25) is 0 Å². The number of rotatable bonds is 4. The van der Waals surface area contributed by atoms with Crippen LogP contribution >= 0.6 is 0 Å². The van der Waals surface area contributed by atoms with Crippen molar-refractivity contribution in [1.82, 2.24) is 0 Å². The molecule has 0 saturated carbocycles. The molecule has 1 fully saturated rings. The van der Waals surface area contributed by atoms with Crippen molar-refractivity contribution in [1.29, 1.82) is 0 Å². The van der Waals surface area contributed by atoms with E-state index in [0.29, 0.717) is 0 Å². The molecule has 0 aromatic rings. The van der Waals surface area contributed by atoms with E-state index in [0.717, 1.165) is 10.7 Å². The molecule has 1 unspecified atom stereocenters. The fourth-order valence-electron chi connectivity index (χ4n) is 1.46. The van der Waals surface area contributed by atoms with Gasteiger partial charge in [0.15, 0.2) is 0 Å². The third kappa shape index (κ3) is 4.36. The van der Waals surface area contributed by atoms with Crippen LogP contribution in [-0.2, 0) is 4.74 Å². The first kappa shape index (κ1) is 9.84. The third-order valence-corrected chi connectivity index (χ3v) is 7.32. The van der Waals surface area contributed by atoms with Gasteiger partial charge >= 0.3 is 80.1 Å². The molecule has 1 saturated heterocycles. The standard InChI is InChI=1S/C5H9O.C4H9.Sn.H/c1-2-4-6-5-3-1;1-3-4-2;;/h4H,1-3,5H2;1,3-4H2,2H3;;. The molecular formula is C9H19OSn. The summed E-state index contributed by atoms with van der Waals surface area (Å²) in [6.07, 6.45) is 6.97. The van der Waals surface area contributed by atoms with Crippen LogP contribution in [-0.4, -0.2) is 31.9 Å². The minimum atomic E-state index is -0.297. The van der Waals surface area contributed by atoms with Gasteiger partial charge in [0.25, 0.3) is 0 Å². The maximum atomic E-state index is 5.71. The zero-order chi connectivity index (χ0) is 7.94. The van der Waals surface area contributed by atoms with Gasteiger partial charge in [0.1, 0.15) is 0 Å². The van der Waals surface area contributed by atoms with E-state index in [2.05, 4.69) is 6.92 Å². The van der Waals surface area contributed by atoms with Crippen molar-refractivity contribution in [3.8, 4) is 0 Å². The Bertz CT molecular complexity index is 89.6. The summed E-state index contributed by atoms with van der Waals surface area (Å²) in [6, 6.07) is 0. The predicted octanol–water partition coefficient (Wildman–Crippen LogP) is 2.17. The van der Waals surface area contributed by atoms with Crippen molar-refractivity contribution in [2.45, 2.75) is 47.6 Å². The van der Waals surface area contributed by atoms with E-state index < -0.39 is 0 Å². The van der Waals surface area contributed by atoms with Gasteiger partial charge in [-0.15, -0.1) is 0 Å². The maximum absolute atomic E-state index is 5.71. The summed E-state index contributed by atoms with van der Waals surface area (Å²) in [4.78, 5) is 0. The van der Waals surface area contributed by atoms with Crippen molar-refractivity contribution < 1.29 is 4.74 Å². The van der Waals surface area contributed by atoms with Crippen LogP contribution in [0.2, 0.25) is 4.44 Å². The topological polar surface area (TPSA) is 9.23 Å². The molecule has 65 valence electrons. The Morgan fingerprint density at radius 1 is 1.45 bits per heavy atom. The van der Waals surface area contributed by atoms with Gasteiger partial charge in [0.2, 0.25) is 0 Å². The molecule has 0 spiro atoms. The molecule has 1 aliphatic heterocycles. The first-order valence-electron chi connectivity index (χ1n) is 4.88. The van der Waals surface area contributed by atoms with Crippen LogP contribution in [0.3, 0.4) is 0 Å². The molecule has 11 heavy (non-hydrogen) atoms. The van der Waals surface area contributed by atoms with Crippen LogP contribution < -0.4 is 0 Å². The van der Waals surface area contributed by atoms with Gasteiger partial charge < -0.3 is 0 Å². The van der Waals surface area contributed by atoms with Crippen LogP contribution in [0.15, 0.2) is 0 Å². The number of hydrogen-bond acceptors (Lipinski definition) is 1. The van der Waals surface area contributed by atoms with Gasteiger partial charge in [-0.05, 0) is 0 Å². The fraction of sp³-hybridized carbons (Fsp3) is 1.00. The van der Waals surface area contributed by atoms with E-state index in [1.807, 2.05) is 0 Å². The summed E-state index contributed by atoms with van der Waals surface area (Å²) in [5.41, 5.74) is 0. The number of ether oxygens (including phenoxy) is 1. The molecule has 0 aromatic heterocycles. The second-order valence-corrected chi connectivity index (χ2v) is 8.40. The molecule has 1 aliphatic rings. The third-order valence-electron chi connectivity index (χ3n) is 2.20. The molecule has 0 amide bonds.